The molecule has 0 radical (unpaired) electrons. The second-order valence-corrected chi connectivity index (χ2v) is 7.11. The molecule has 0 bridgehead atoms. The number of hydrogen-bond acceptors (Lipinski definition) is 7. The largest absolute Gasteiger partial charge is 0.426 e. The molecule has 1 aromatic carbocycles. The molecule has 1 fully saturated rings. The molecule has 0 spiro atoms. The SMILES string of the molecule is C[C@]1(F)C(n2ccc(=O)[nH]c2=O)OC(CO[PH](=O)Oc2ccccc2)[C@H]1O. The van der Waals surface area contributed by atoms with Gasteiger partial charge >= 0.3 is 13.9 Å². The molecule has 3 rings (SSSR count). The molecule has 1 saturated heterocycles. The van der Waals surface area contributed by atoms with Crippen LogP contribution in [0.1, 0.15) is 13.2 Å². The molecule has 2 N–H and O–H groups in total. The van der Waals surface area contributed by atoms with Crippen molar-refractivity contribution in [2.75, 3.05) is 6.61 Å². The quantitative estimate of drug-likeness (QED) is 0.695. The number of rotatable bonds is 6. The van der Waals surface area contributed by atoms with Crippen LogP contribution in [0.25, 0.3) is 0 Å². The first-order chi connectivity index (χ1) is 12.8. The first kappa shape index (κ1) is 19.5. The van der Waals surface area contributed by atoms with E-state index in [-0.39, 0.29) is 0 Å². The summed E-state index contributed by atoms with van der Waals surface area (Å²) in [7, 11) is -2.96. The molecule has 0 amide bonds. The van der Waals surface area contributed by atoms with Gasteiger partial charge in [-0.1, -0.05) is 18.2 Å². The maximum Gasteiger partial charge on any atom is 0.367 e. The number of nitrogens with one attached hydrogen (secondary N) is 1. The van der Waals surface area contributed by atoms with E-state index in [1.165, 1.54) is 0 Å². The van der Waals surface area contributed by atoms with Crippen LogP contribution >= 0.6 is 8.25 Å². The van der Waals surface area contributed by atoms with Crippen molar-refractivity contribution in [1.82, 2.24) is 9.55 Å². The minimum atomic E-state index is -2.96. The van der Waals surface area contributed by atoms with E-state index in [1.807, 2.05) is 4.98 Å². The van der Waals surface area contributed by atoms with Gasteiger partial charge in [0.05, 0.1) is 6.61 Å². The van der Waals surface area contributed by atoms with Gasteiger partial charge in [-0.3, -0.25) is 18.9 Å². The summed E-state index contributed by atoms with van der Waals surface area (Å²) in [6.45, 7) is 0.642. The number of aromatic nitrogens is 2. The van der Waals surface area contributed by atoms with Gasteiger partial charge in [0.2, 0.25) is 0 Å². The van der Waals surface area contributed by atoms with Crippen molar-refractivity contribution in [1.29, 1.82) is 0 Å². The molecular formula is C16H18FN2O7P. The summed E-state index contributed by atoms with van der Waals surface area (Å²) >= 11 is 0. The number of aliphatic hydroxyl groups excluding tert-OH is 1. The summed E-state index contributed by atoms with van der Waals surface area (Å²) in [5.74, 6) is 0.335. The Kier molecular flexibility index (Phi) is 5.61. The Morgan fingerprint density at radius 3 is 2.70 bits per heavy atom. The van der Waals surface area contributed by atoms with Gasteiger partial charge in [0.1, 0.15) is 18.0 Å². The van der Waals surface area contributed by atoms with Crippen LogP contribution in [0.5, 0.6) is 5.75 Å². The maximum absolute atomic E-state index is 15.0. The number of ether oxygens (including phenoxy) is 1. The monoisotopic (exact) mass is 400 g/mol. The van der Waals surface area contributed by atoms with Crippen molar-refractivity contribution >= 4 is 8.25 Å². The highest BCUT2D eigenvalue weighted by atomic mass is 31.1. The van der Waals surface area contributed by atoms with Crippen molar-refractivity contribution in [2.24, 2.45) is 0 Å². The van der Waals surface area contributed by atoms with Gasteiger partial charge < -0.3 is 14.4 Å². The molecule has 2 heterocycles. The van der Waals surface area contributed by atoms with Gasteiger partial charge in [-0.25, -0.2) is 13.8 Å². The van der Waals surface area contributed by atoms with Crippen molar-refractivity contribution < 1.29 is 27.8 Å². The molecule has 9 nitrogen and oxygen atoms in total. The molecule has 1 aromatic heterocycles. The van der Waals surface area contributed by atoms with Crippen LogP contribution in [0, 0.1) is 0 Å². The number of H-pyrrole nitrogens is 1. The Balaban J connectivity index is 1.68. The smallest absolute Gasteiger partial charge is 0.367 e. The summed E-state index contributed by atoms with van der Waals surface area (Å²) in [4.78, 5) is 25.0. The fourth-order valence-corrected chi connectivity index (χ4v) is 3.41. The van der Waals surface area contributed by atoms with Crippen LogP contribution in [0.3, 0.4) is 0 Å². The summed E-state index contributed by atoms with van der Waals surface area (Å²) in [6.07, 6.45) is -3.28. The van der Waals surface area contributed by atoms with Gasteiger partial charge in [0.25, 0.3) is 5.56 Å². The van der Waals surface area contributed by atoms with Crippen LogP contribution in [0.15, 0.2) is 52.2 Å². The average Bonchev–Trinajstić information content (AvgIpc) is 2.84. The normalized spacial score (nSPS) is 28.8. The van der Waals surface area contributed by atoms with E-state index in [4.69, 9.17) is 13.8 Å². The Labute approximate surface area is 153 Å². The second-order valence-electron chi connectivity index (χ2n) is 6.12. The number of hydrogen-bond donors (Lipinski definition) is 2. The minimum Gasteiger partial charge on any atom is -0.426 e. The third-order valence-corrected chi connectivity index (χ3v) is 4.94. The predicted molar refractivity (Wildman–Crippen MR) is 92.8 cm³/mol. The Morgan fingerprint density at radius 2 is 2.04 bits per heavy atom. The fourth-order valence-electron chi connectivity index (χ4n) is 2.73. The van der Waals surface area contributed by atoms with E-state index in [0.29, 0.717) is 5.75 Å². The highest BCUT2D eigenvalue weighted by Crippen LogP contribution is 2.41. The topological polar surface area (TPSA) is 120 Å². The lowest BCUT2D eigenvalue weighted by atomic mass is 9.98. The van der Waals surface area contributed by atoms with E-state index in [0.717, 1.165) is 23.8 Å². The van der Waals surface area contributed by atoms with E-state index in [1.54, 1.807) is 30.3 Å². The van der Waals surface area contributed by atoms with E-state index in [2.05, 4.69) is 0 Å². The number of halogens is 1. The van der Waals surface area contributed by atoms with Crippen molar-refractivity contribution in [3.63, 3.8) is 0 Å². The molecule has 1 aliphatic rings. The lowest BCUT2D eigenvalue weighted by Gasteiger charge is -2.24. The van der Waals surface area contributed by atoms with Crippen LogP contribution in [-0.4, -0.2) is 39.1 Å². The van der Waals surface area contributed by atoms with Crippen LogP contribution in [0.2, 0.25) is 0 Å². The number of para-hydroxylation sites is 1. The zero-order valence-electron chi connectivity index (χ0n) is 14.2. The molecule has 11 heteroatoms. The molecule has 1 aliphatic heterocycles. The molecular weight excluding hydrogens is 382 g/mol. The molecule has 27 heavy (non-hydrogen) atoms. The highest BCUT2D eigenvalue weighted by molar-refractivity contribution is 7.33. The van der Waals surface area contributed by atoms with Crippen LogP contribution in [0.4, 0.5) is 4.39 Å². The fraction of sp³-hybridized carbons (Fsp3) is 0.375. The number of benzene rings is 1. The third kappa shape index (κ3) is 4.19. The zero-order chi connectivity index (χ0) is 19.6. The number of nitrogens with zero attached hydrogens (tertiary/aromatic N) is 1. The summed E-state index contributed by atoms with van der Waals surface area (Å²) in [5, 5.41) is 10.2. The Hall–Kier alpha value is -2.26. The second kappa shape index (κ2) is 7.77. The van der Waals surface area contributed by atoms with Crippen LogP contribution in [-0.2, 0) is 13.8 Å². The van der Waals surface area contributed by atoms with Crippen molar-refractivity contribution in [3.05, 3.63) is 63.4 Å². The molecule has 0 saturated carbocycles. The summed E-state index contributed by atoms with van der Waals surface area (Å²) < 4.78 is 43.3. The summed E-state index contributed by atoms with van der Waals surface area (Å²) in [5.41, 5.74) is -3.88. The molecule has 146 valence electrons. The lowest BCUT2D eigenvalue weighted by molar-refractivity contribution is -0.0586. The van der Waals surface area contributed by atoms with E-state index < -0.39 is 50.2 Å². The zero-order valence-corrected chi connectivity index (χ0v) is 15.2. The lowest BCUT2D eigenvalue weighted by Crippen LogP contribution is -2.43. The number of alkyl halides is 1. The summed E-state index contributed by atoms with van der Waals surface area (Å²) in [6, 6.07) is 9.34. The molecule has 0 aliphatic carbocycles. The van der Waals surface area contributed by atoms with Gasteiger partial charge in [-0.15, -0.1) is 0 Å². The average molecular weight is 400 g/mol. The van der Waals surface area contributed by atoms with Crippen molar-refractivity contribution in [3.8, 4) is 5.75 Å². The highest BCUT2D eigenvalue weighted by Gasteiger charge is 2.55. The first-order valence-electron chi connectivity index (χ1n) is 8.02. The third-order valence-electron chi connectivity index (χ3n) is 4.13. The molecule has 3 unspecified atom stereocenters. The van der Waals surface area contributed by atoms with E-state index >= 15 is 0 Å². The number of aromatic amines is 1. The van der Waals surface area contributed by atoms with Gasteiger partial charge in [-0.05, 0) is 19.1 Å². The number of aliphatic hydroxyl groups is 1. The van der Waals surface area contributed by atoms with Crippen molar-refractivity contribution in [2.45, 2.75) is 31.0 Å². The van der Waals surface area contributed by atoms with Crippen LogP contribution < -0.4 is 15.8 Å². The Bertz CT molecular complexity index is 930. The van der Waals surface area contributed by atoms with E-state index in [9.17, 15) is 23.7 Å². The van der Waals surface area contributed by atoms with Gasteiger partial charge in [0, 0.05) is 12.3 Å². The maximum atomic E-state index is 15.0. The van der Waals surface area contributed by atoms with Gasteiger partial charge in [0.15, 0.2) is 11.9 Å². The molecule has 2 aromatic rings. The standard InChI is InChI=1S/C16H18FN2O7P/c1-16(17)13(21)11(9-24-27(23)26-10-5-3-2-4-6-10)25-14(16)19-8-7-12(20)18-15(19)22/h2-8,11,13-14,21,27H,9H2,1H3,(H,18,20,22)/t11?,13-,14?,16-/m1/s1. The first-order valence-corrected chi connectivity index (χ1v) is 9.25. The minimum absolute atomic E-state index is 0.335. The molecule has 5 atom stereocenters. The Morgan fingerprint density at radius 1 is 1.33 bits per heavy atom. The van der Waals surface area contributed by atoms with Gasteiger partial charge in [-0.2, -0.15) is 0 Å². The predicted octanol–water partition coefficient (Wildman–Crippen LogP) is 1.01.